The largest absolute Gasteiger partial charge is 0.395 e. The number of pyridine rings is 3. The van der Waals surface area contributed by atoms with Gasteiger partial charge in [0.1, 0.15) is 0 Å². The maximum Gasteiger partial charge on any atom is 0.260 e. The fourth-order valence-electron chi connectivity index (χ4n) is 3.44. The van der Waals surface area contributed by atoms with E-state index in [0.717, 1.165) is 32.8 Å². The summed E-state index contributed by atoms with van der Waals surface area (Å²) in [6.45, 7) is 4.64. The van der Waals surface area contributed by atoms with Crippen LogP contribution in [0.5, 0.6) is 0 Å². The molecule has 4 heterocycles. The number of rotatable bonds is 5. The van der Waals surface area contributed by atoms with Gasteiger partial charge in [0.25, 0.3) is 11.1 Å². The highest BCUT2D eigenvalue weighted by molar-refractivity contribution is 5.91. The average molecular weight is 370 g/mol. The maximum atomic E-state index is 12.9. The van der Waals surface area contributed by atoms with Crippen molar-refractivity contribution in [3.8, 4) is 0 Å². The Hall–Kier alpha value is -2.55. The molecule has 0 atom stereocenters. The number of hydrogen-bond donors (Lipinski definition) is 1. The third kappa shape index (κ3) is 3.51. The summed E-state index contributed by atoms with van der Waals surface area (Å²) >= 11 is 0. The van der Waals surface area contributed by atoms with Crippen LogP contribution in [0.25, 0.3) is 21.8 Å². The first-order valence-corrected chi connectivity index (χ1v) is 9.12. The predicted octanol–water partition coefficient (Wildman–Crippen LogP) is 0.0359. The highest BCUT2D eigenvalue weighted by Crippen LogP contribution is 2.14. The number of hydrogen-bond acceptors (Lipinski definition) is 6. The second kappa shape index (κ2) is 7.59. The first-order chi connectivity index (χ1) is 13.2. The Kier molecular flexibility index (Phi) is 5.02. The van der Waals surface area contributed by atoms with Crippen molar-refractivity contribution >= 4 is 21.8 Å². The van der Waals surface area contributed by atoms with Crippen LogP contribution in [-0.4, -0.2) is 63.6 Å². The number of aliphatic hydroxyl groups excluding tert-OH is 1. The molecule has 8 heteroatoms. The van der Waals surface area contributed by atoms with E-state index >= 15 is 0 Å². The summed E-state index contributed by atoms with van der Waals surface area (Å²) in [5.41, 5.74) is 0.729. The molecular weight excluding hydrogens is 348 g/mol. The van der Waals surface area contributed by atoms with Gasteiger partial charge in [-0.25, -0.2) is 4.98 Å². The van der Waals surface area contributed by atoms with Crippen LogP contribution in [0.1, 0.15) is 0 Å². The van der Waals surface area contributed by atoms with Gasteiger partial charge in [-0.15, -0.1) is 0 Å². The number of aromatic nitrogens is 3. The van der Waals surface area contributed by atoms with Crippen molar-refractivity contribution in [3.05, 3.63) is 51.3 Å². The second-order valence-corrected chi connectivity index (χ2v) is 6.66. The smallest absolute Gasteiger partial charge is 0.260 e. The molecule has 1 aliphatic rings. The van der Waals surface area contributed by atoms with Crippen LogP contribution in [0, 0.1) is 0 Å². The summed E-state index contributed by atoms with van der Waals surface area (Å²) in [4.78, 5) is 32.2. The van der Waals surface area contributed by atoms with Crippen LogP contribution in [0.4, 0.5) is 0 Å². The zero-order chi connectivity index (χ0) is 18.8. The zero-order valence-corrected chi connectivity index (χ0v) is 15.0. The van der Waals surface area contributed by atoms with Gasteiger partial charge in [0.05, 0.1) is 41.6 Å². The highest BCUT2D eigenvalue weighted by Gasteiger charge is 2.12. The molecule has 27 heavy (non-hydrogen) atoms. The lowest BCUT2D eigenvalue weighted by Gasteiger charge is -2.26. The monoisotopic (exact) mass is 370 g/mol. The number of nitrogens with zero attached hydrogens (tertiary/aromatic N) is 4. The van der Waals surface area contributed by atoms with Gasteiger partial charge in [-0.1, -0.05) is 0 Å². The van der Waals surface area contributed by atoms with E-state index in [0.29, 0.717) is 28.4 Å². The van der Waals surface area contributed by atoms with Crippen LogP contribution < -0.4 is 11.1 Å². The Labute approximate surface area is 155 Å². The summed E-state index contributed by atoms with van der Waals surface area (Å²) in [5.74, 6) is 0. The molecule has 0 aliphatic carbocycles. The predicted molar refractivity (Wildman–Crippen MR) is 102 cm³/mol. The molecule has 0 spiro atoms. The lowest BCUT2D eigenvalue weighted by atomic mass is 10.2. The summed E-state index contributed by atoms with van der Waals surface area (Å²) in [7, 11) is 0. The Morgan fingerprint density at radius 3 is 2.11 bits per heavy atom. The second-order valence-electron chi connectivity index (χ2n) is 6.66. The van der Waals surface area contributed by atoms with Crippen LogP contribution in [0.3, 0.4) is 0 Å². The maximum absolute atomic E-state index is 12.9. The van der Waals surface area contributed by atoms with Gasteiger partial charge in [-0.05, 0) is 18.2 Å². The fourth-order valence-corrected chi connectivity index (χ4v) is 3.44. The van der Waals surface area contributed by atoms with Gasteiger partial charge in [0, 0.05) is 45.1 Å². The van der Waals surface area contributed by atoms with Crippen LogP contribution in [-0.2, 0) is 17.8 Å². The van der Waals surface area contributed by atoms with Crippen LogP contribution >= 0.6 is 0 Å². The molecule has 3 aromatic heterocycles. The minimum atomic E-state index is -0.251. The average Bonchev–Trinajstić information content (AvgIpc) is 2.70. The molecule has 0 saturated carbocycles. The SMILES string of the molecule is O=c1c2cc3c(=O)n(CCN4CCOCC4)ccc3nc2ccn1CCO. The topological polar surface area (TPSA) is 89.6 Å². The normalized spacial score (nSPS) is 15.6. The Morgan fingerprint density at radius 2 is 1.52 bits per heavy atom. The molecule has 1 fully saturated rings. The lowest BCUT2D eigenvalue weighted by Crippen LogP contribution is -2.39. The van der Waals surface area contributed by atoms with Crippen molar-refractivity contribution < 1.29 is 9.84 Å². The minimum Gasteiger partial charge on any atom is -0.395 e. The van der Waals surface area contributed by atoms with Crippen molar-refractivity contribution in [2.24, 2.45) is 0 Å². The van der Waals surface area contributed by atoms with Crippen molar-refractivity contribution in [2.75, 3.05) is 39.5 Å². The quantitative estimate of drug-likeness (QED) is 0.638. The van der Waals surface area contributed by atoms with Gasteiger partial charge in [-0.2, -0.15) is 0 Å². The molecule has 0 radical (unpaired) electrons. The summed E-state index contributed by atoms with van der Waals surface area (Å²) in [6.07, 6.45) is 3.38. The van der Waals surface area contributed by atoms with E-state index in [-0.39, 0.29) is 24.3 Å². The van der Waals surface area contributed by atoms with Crippen LogP contribution in [0.2, 0.25) is 0 Å². The molecule has 3 aromatic rings. The summed E-state index contributed by atoms with van der Waals surface area (Å²) in [6, 6.07) is 5.17. The Balaban J connectivity index is 1.72. The fraction of sp³-hybridized carbons (Fsp3) is 0.421. The van der Waals surface area contributed by atoms with Crippen LogP contribution in [0.15, 0.2) is 40.2 Å². The van der Waals surface area contributed by atoms with E-state index in [2.05, 4.69) is 9.88 Å². The van der Waals surface area contributed by atoms with Gasteiger partial charge in [0.2, 0.25) is 0 Å². The van der Waals surface area contributed by atoms with E-state index in [4.69, 9.17) is 9.84 Å². The molecule has 0 bridgehead atoms. The van der Waals surface area contributed by atoms with E-state index < -0.39 is 0 Å². The molecule has 1 N–H and O–H groups in total. The van der Waals surface area contributed by atoms with Gasteiger partial charge in [-0.3, -0.25) is 14.5 Å². The van der Waals surface area contributed by atoms with Gasteiger partial charge >= 0.3 is 0 Å². The highest BCUT2D eigenvalue weighted by atomic mass is 16.5. The van der Waals surface area contributed by atoms with Gasteiger partial charge < -0.3 is 19.0 Å². The van der Waals surface area contributed by atoms with Gasteiger partial charge in [0.15, 0.2) is 0 Å². The van der Waals surface area contributed by atoms with Crippen molar-refractivity contribution in [1.29, 1.82) is 0 Å². The molecule has 0 amide bonds. The van der Waals surface area contributed by atoms with Crippen molar-refractivity contribution in [1.82, 2.24) is 19.0 Å². The first-order valence-electron chi connectivity index (χ1n) is 9.12. The standard InChI is InChI=1S/C19H22N4O4/c24-10-7-23-4-2-17-15(19(23)26)13-14-16(20-17)1-3-22(18(14)25)6-5-21-8-11-27-12-9-21/h1-4,13,24H,5-12H2. The summed E-state index contributed by atoms with van der Waals surface area (Å²) in [5, 5.41) is 9.92. The van der Waals surface area contributed by atoms with E-state index in [1.165, 1.54) is 4.57 Å². The molecule has 1 saturated heterocycles. The van der Waals surface area contributed by atoms with E-state index in [1.54, 1.807) is 29.1 Å². The number of morpholine rings is 1. The molecule has 4 rings (SSSR count). The third-order valence-corrected chi connectivity index (χ3v) is 4.99. The minimum absolute atomic E-state index is 0.124. The van der Waals surface area contributed by atoms with E-state index in [1.807, 2.05) is 6.07 Å². The van der Waals surface area contributed by atoms with E-state index in [9.17, 15) is 9.59 Å². The molecule has 0 unspecified atom stereocenters. The Morgan fingerprint density at radius 1 is 0.926 bits per heavy atom. The van der Waals surface area contributed by atoms with Crippen molar-refractivity contribution in [2.45, 2.75) is 13.1 Å². The molecule has 8 nitrogen and oxygen atoms in total. The number of ether oxygens (including phenoxy) is 1. The third-order valence-electron chi connectivity index (χ3n) is 4.99. The molecular formula is C19H22N4O4. The zero-order valence-electron chi connectivity index (χ0n) is 15.0. The van der Waals surface area contributed by atoms with Crippen molar-refractivity contribution in [3.63, 3.8) is 0 Å². The lowest BCUT2D eigenvalue weighted by molar-refractivity contribution is 0.0363. The molecule has 142 valence electrons. The molecule has 0 aromatic carbocycles. The summed E-state index contributed by atoms with van der Waals surface area (Å²) < 4.78 is 8.44. The molecule has 1 aliphatic heterocycles. The Bertz CT molecular complexity index is 1080. The first kappa shape index (κ1) is 17.8. The number of aliphatic hydroxyl groups is 1. The number of fused-ring (bicyclic) bond motifs is 2.